The van der Waals surface area contributed by atoms with E-state index in [9.17, 15) is 4.79 Å². The van der Waals surface area contributed by atoms with Crippen molar-refractivity contribution in [1.82, 2.24) is 10.2 Å². The van der Waals surface area contributed by atoms with E-state index in [1.54, 1.807) is 7.11 Å². The number of carbonyl (C=O) groups excluding carboxylic acids is 1. The monoisotopic (exact) mass is 395 g/mol. The summed E-state index contributed by atoms with van der Waals surface area (Å²) in [5.74, 6) is 0.964. The zero-order valence-electron chi connectivity index (χ0n) is 17.9. The Labute approximate surface area is 174 Å². The molecule has 1 amide bonds. The van der Waals surface area contributed by atoms with Crippen LogP contribution in [0.4, 0.5) is 5.69 Å². The van der Waals surface area contributed by atoms with Gasteiger partial charge in [-0.3, -0.25) is 9.69 Å². The van der Waals surface area contributed by atoms with Crippen molar-refractivity contribution in [3.05, 3.63) is 59.7 Å². The fraction of sp³-hybridized carbons (Fsp3) is 0.458. The molecule has 1 heterocycles. The first kappa shape index (κ1) is 21.2. The normalized spacial score (nSPS) is 15.8. The van der Waals surface area contributed by atoms with E-state index in [0.717, 1.165) is 50.3 Å². The smallest absolute Gasteiger partial charge is 0.234 e. The molecule has 156 valence electrons. The Bertz CT molecular complexity index is 766. The number of anilines is 1. The van der Waals surface area contributed by atoms with Gasteiger partial charge in [0.25, 0.3) is 0 Å². The van der Waals surface area contributed by atoms with Gasteiger partial charge in [0.05, 0.1) is 19.7 Å². The summed E-state index contributed by atoms with van der Waals surface area (Å²) < 4.78 is 5.23. The Morgan fingerprint density at radius 1 is 1.03 bits per heavy atom. The van der Waals surface area contributed by atoms with Crippen LogP contribution in [0.5, 0.6) is 5.75 Å². The first-order chi connectivity index (χ1) is 14.1. The third kappa shape index (κ3) is 5.97. The average molecular weight is 396 g/mol. The summed E-state index contributed by atoms with van der Waals surface area (Å²) in [7, 11) is 1.68. The maximum Gasteiger partial charge on any atom is 0.234 e. The highest BCUT2D eigenvalue weighted by Crippen LogP contribution is 2.20. The maximum atomic E-state index is 12.5. The first-order valence-corrected chi connectivity index (χ1v) is 10.6. The summed E-state index contributed by atoms with van der Waals surface area (Å²) in [5.41, 5.74) is 3.71. The van der Waals surface area contributed by atoms with Crippen LogP contribution < -0.4 is 15.0 Å². The van der Waals surface area contributed by atoms with Crippen LogP contribution in [0.15, 0.2) is 48.5 Å². The van der Waals surface area contributed by atoms with Gasteiger partial charge in [-0.2, -0.15) is 0 Å². The molecule has 5 heteroatoms. The molecule has 1 unspecified atom stereocenters. The van der Waals surface area contributed by atoms with Gasteiger partial charge in [0.1, 0.15) is 5.75 Å². The standard InChI is InChI=1S/C24H33N3O2/c1-4-5-20-6-8-21(9-7-20)19(2)25-24(28)18-26-14-16-27(17-15-26)22-10-12-23(29-3)13-11-22/h6-13,19H,4-5,14-18H2,1-3H3,(H,25,28). The second-order valence-electron chi connectivity index (χ2n) is 7.74. The summed E-state index contributed by atoms with van der Waals surface area (Å²) in [4.78, 5) is 17.1. The lowest BCUT2D eigenvalue weighted by Crippen LogP contribution is -2.49. The maximum absolute atomic E-state index is 12.5. The molecule has 1 N–H and O–H groups in total. The van der Waals surface area contributed by atoms with Crippen molar-refractivity contribution in [1.29, 1.82) is 0 Å². The van der Waals surface area contributed by atoms with Gasteiger partial charge < -0.3 is 15.0 Å². The van der Waals surface area contributed by atoms with Gasteiger partial charge in [-0.05, 0) is 48.7 Å². The van der Waals surface area contributed by atoms with Crippen molar-refractivity contribution in [2.24, 2.45) is 0 Å². The molecule has 29 heavy (non-hydrogen) atoms. The van der Waals surface area contributed by atoms with Crippen molar-refractivity contribution >= 4 is 11.6 Å². The minimum absolute atomic E-state index is 0.0266. The number of aryl methyl sites for hydroxylation is 1. The van der Waals surface area contributed by atoms with Crippen LogP contribution in [0.1, 0.15) is 37.4 Å². The van der Waals surface area contributed by atoms with Gasteiger partial charge in [-0.1, -0.05) is 37.6 Å². The Kier molecular flexibility index (Phi) is 7.53. The molecule has 3 rings (SSSR count). The number of nitrogens with one attached hydrogen (secondary N) is 1. The van der Waals surface area contributed by atoms with E-state index in [2.05, 4.69) is 58.4 Å². The third-order valence-electron chi connectivity index (χ3n) is 5.57. The third-order valence-corrected chi connectivity index (χ3v) is 5.57. The number of amides is 1. The molecule has 1 aliphatic rings. The van der Waals surface area contributed by atoms with Gasteiger partial charge in [-0.25, -0.2) is 0 Å². The van der Waals surface area contributed by atoms with E-state index in [4.69, 9.17) is 4.74 Å². The van der Waals surface area contributed by atoms with E-state index in [-0.39, 0.29) is 11.9 Å². The highest BCUT2D eigenvalue weighted by atomic mass is 16.5. The van der Waals surface area contributed by atoms with E-state index < -0.39 is 0 Å². The lowest BCUT2D eigenvalue weighted by Gasteiger charge is -2.36. The molecule has 0 aliphatic carbocycles. The fourth-order valence-electron chi connectivity index (χ4n) is 3.79. The molecule has 1 fully saturated rings. The molecule has 0 bridgehead atoms. The fourth-order valence-corrected chi connectivity index (χ4v) is 3.79. The SMILES string of the molecule is CCCc1ccc(C(C)NC(=O)CN2CCN(c3ccc(OC)cc3)CC2)cc1. The molecule has 0 saturated carbocycles. The molecular weight excluding hydrogens is 362 g/mol. The number of rotatable bonds is 8. The van der Waals surface area contributed by atoms with E-state index >= 15 is 0 Å². The van der Waals surface area contributed by atoms with Gasteiger partial charge >= 0.3 is 0 Å². The molecule has 5 nitrogen and oxygen atoms in total. The zero-order valence-corrected chi connectivity index (χ0v) is 17.9. The summed E-state index contributed by atoms with van der Waals surface area (Å²) >= 11 is 0. The molecule has 1 atom stereocenters. The Morgan fingerprint density at radius 3 is 2.28 bits per heavy atom. The number of benzene rings is 2. The molecule has 2 aromatic carbocycles. The molecular formula is C24H33N3O2. The second kappa shape index (κ2) is 10.3. The largest absolute Gasteiger partial charge is 0.497 e. The van der Waals surface area contributed by atoms with Crippen molar-refractivity contribution in [2.45, 2.75) is 32.7 Å². The molecule has 0 radical (unpaired) electrons. The van der Waals surface area contributed by atoms with Crippen LogP contribution in [0, 0.1) is 0 Å². The van der Waals surface area contributed by atoms with Crippen LogP contribution in [0.3, 0.4) is 0 Å². The summed E-state index contributed by atoms with van der Waals surface area (Å²) in [6.07, 6.45) is 2.25. The predicted octanol–water partition coefficient (Wildman–Crippen LogP) is 3.65. The summed E-state index contributed by atoms with van der Waals surface area (Å²) in [6.45, 7) is 8.32. The zero-order chi connectivity index (χ0) is 20.6. The number of ether oxygens (including phenoxy) is 1. The Hall–Kier alpha value is -2.53. The minimum Gasteiger partial charge on any atom is -0.497 e. The minimum atomic E-state index is 0.0266. The van der Waals surface area contributed by atoms with E-state index in [1.165, 1.54) is 11.3 Å². The number of carbonyl (C=O) groups is 1. The number of nitrogens with zero attached hydrogens (tertiary/aromatic N) is 2. The first-order valence-electron chi connectivity index (χ1n) is 10.6. The van der Waals surface area contributed by atoms with Crippen LogP contribution in [0.2, 0.25) is 0 Å². The average Bonchev–Trinajstić information content (AvgIpc) is 2.75. The van der Waals surface area contributed by atoms with Crippen molar-refractivity contribution in [2.75, 3.05) is 44.7 Å². The molecule has 1 aliphatic heterocycles. The van der Waals surface area contributed by atoms with Crippen molar-refractivity contribution in [3.63, 3.8) is 0 Å². The molecule has 0 spiro atoms. The number of hydrogen-bond acceptors (Lipinski definition) is 4. The van der Waals surface area contributed by atoms with Gasteiger partial charge in [-0.15, -0.1) is 0 Å². The Morgan fingerprint density at radius 2 is 1.69 bits per heavy atom. The van der Waals surface area contributed by atoms with Gasteiger partial charge in [0.15, 0.2) is 0 Å². The van der Waals surface area contributed by atoms with E-state index in [1.807, 2.05) is 19.1 Å². The Balaban J connectivity index is 1.44. The lowest BCUT2D eigenvalue weighted by atomic mass is 10.0. The topological polar surface area (TPSA) is 44.8 Å². The predicted molar refractivity (Wildman–Crippen MR) is 119 cm³/mol. The number of piperazine rings is 1. The van der Waals surface area contributed by atoms with Crippen LogP contribution in [-0.2, 0) is 11.2 Å². The number of hydrogen-bond donors (Lipinski definition) is 1. The lowest BCUT2D eigenvalue weighted by molar-refractivity contribution is -0.123. The molecule has 2 aromatic rings. The van der Waals surface area contributed by atoms with Gasteiger partial charge in [0, 0.05) is 31.9 Å². The van der Waals surface area contributed by atoms with Crippen LogP contribution >= 0.6 is 0 Å². The van der Waals surface area contributed by atoms with Crippen LogP contribution in [0.25, 0.3) is 0 Å². The highest BCUT2D eigenvalue weighted by Gasteiger charge is 2.20. The highest BCUT2D eigenvalue weighted by molar-refractivity contribution is 5.78. The summed E-state index contributed by atoms with van der Waals surface area (Å²) in [6, 6.07) is 16.8. The van der Waals surface area contributed by atoms with Gasteiger partial charge in [0.2, 0.25) is 5.91 Å². The van der Waals surface area contributed by atoms with Crippen molar-refractivity contribution in [3.8, 4) is 5.75 Å². The van der Waals surface area contributed by atoms with Crippen molar-refractivity contribution < 1.29 is 9.53 Å². The van der Waals surface area contributed by atoms with Crippen LogP contribution in [-0.4, -0.2) is 50.6 Å². The number of methoxy groups -OCH3 is 1. The molecule has 0 aromatic heterocycles. The quantitative estimate of drug-likeness (QED) is 0.741. The molecule has 1 saturated heterocycles. The van der Waals surface area contributed by atoms with E-state index in [0.29, 0.717) is 6.54 Å². The second-order valence-corrected chi connectivity index (χ2v) is 7.74. The summed E-state index contributed by atoms with van der Waals surface area (Å²) in [5, 5.41) is 3.14.